The molecule has 0 unspecified atom stereocenters. The summed E-state index contributed by atoms with van der Waals surface area (Å²) in [5, 5.41) is 10.9. The molecule has 0 fully saturated rings. The Balaban J connectivity index is 1.72. The van der Waals surface area contributed by atoms with Crippen LogP contribution in [0.2, 0.25) is 0 Å². The number of hydrogen-bond donors (Lipinski definition) is 0. The van der Waals surface area contributed by atoms with Crippen LogP contribution in [0, 0.1) is 17.0 Å². The van der Waals surface area contributed by atoms with Gasteiger partial charge < -0.3 is 9.47 Å². The van der Waals surface area contributed by atoms with Crippen LogP contribution in [-0.2, 0) is 4.79 Å². The average Bonchev–Trinajstić information content (AvgIpc) is 2.74. The van der Waals surface area contributed by atoms with Crippen molar-refractivity contribution in [1.82, 2.24) is 0 Å². The van der Waals surface area contributed by atoms with Crippen LogP contribution >= 0.6 is 0 Å². The Kier molecular flexibility index (Phi) is 6.51. The fourth-order valence-corrected chi connectivity index (χ4v) is 2.66. The molecule has 3 rings (SSSR count). The van der Waals surface area contributed by atoms with Crippen LogP contribution in [0.25, 0.3) is 0 Å². The number of nitro groups is 1. The number of ether oxygens (including phenoxy) is 2. The van der Waals surface area contributed by atoms with Gasteiger partial charge in [-0.15, -0.1) is 0 Å². The number of para-hydroxylation sites is 1. The van der Waals surface area contributed by atoms with Crippen molar-refractivity contribution < 1.29 is 24.0 Å². The summed E-state index contributed by atoms with van der Waals surface area (Å²) in [6.45, 7) is 3.06. The summed E-state index contributed by atoms with van der Waals surface area (Å²) in [4.78, 5) is 38.4. The molecule has 0 bridgehead atoms. The number of benzene rings is 3. The lowest BCUT2D eigenvalue weighted by molar-refractivity contribution is -0.384. The minimum atomic E-state index is -0.662. The molecule has 0 saturated carbocycles. The zero-order valence-electron chi connectivity index (χ0n) is 16.8. The minimum Gasteiger partial charge on any atom is -0.426 e. The van der Waals surface area contributed by atoms with E-state index in [2.05, 4.69) is 4.99 Å². The average molecular weight is 418 g/mol. The van der Waals surface area contributed by atoms with E-state index in [1.165, 1.54) is 31.2 Å². The Hall–Kier alpha value is -4.33. The maximum absolute atomic E-state index is 12.4. The summed E-state index contributed by atoms with van der Waals surface area (Å²) in [7, 11) is 0. The van der Waals surface area contributed by atoms with E-state index in [4.69, 9.17) is 9.47 Å². The molecule has 8 heteroatoms. The van der Waals surface area contributed by atoms with Crippen molar-refractivity contribution >= 4 is 29.5 Å². The van der Waals surface area contributed by atoms with Gasteiger partial charge in [0.2, 0.25) is 0 Å². The zero-order chi connectivity index (χ0) is 22.4. The van der Waals surface area contributed by atoms with Crippen molar-refractivity contribution in [2.45, 2.75) is 13.8 Å². The van der Waals surface area contributed by atoms with Crippen molar-refractivity contribution in [3.63, 3.8) is 0 Å². The lowest BCUT2D eigenvalue weighted by atomic mass is 10.2. The Labute approximate surface area is 177 Å². The van der Waals surface area contributed by atoms with Gasteiger partial charge in [-0.2, -0.15) is 0 Å². The van der Waals surface area contributed by atoms with Crippen LogP contribution in [0.5, 0.6) is 11.5 Å². The molecule has 0 atom stereocenters. The number of rotatable bonds is 6. The molecule has 0 aliphatic carbocycles. The zero-order valence-corrected chi connectivity index (χ0v) is 16.8. The maximum atomic E-state index is 12.4. The fourth-order valence-electron chi connectivity index (χ4n) is 2.66. The molecular formula is C23H18N2O6. The van der Waals surface area contributed by atoms with Crippen molar-refractivity contribution in [1.29, 1.82) is 0 Å². The van der Waals surface area contributed by atoms with Crippen LogP contribution in [-0.4, -0.2) is 23.1 Å². The normalized spacial score (nSPS) is 10.6. The largest absolute Gasteiger partial charge is 0.426 e. The molecule has 0 aromatic heterocycles. The smallest absolute Gasteiger partial charge is 0.347 e. The molecule has 3 aromatic rings. The summed E-state index contributed by atoms with van der Waals surface area (Å²) in [5.74, 6) is -0.782. The summed E-state index contributed by atoms with van der Waals surface area (Å²) in [5.41, 5.74) is 2.11. The molecule has 0 aliphatic rings. The Morgan fingerprint density at radius 2 is 1.71 bits per heavy atom. The van der Waals surface area contributed by atoms with Gasteiger partial charge in [0.05, 0.1) is 10.6 Å². The Morgan fingerprint density at radius 3 is 2.39 bits per heavy atom. The number of carbonyl (C=O) groups excluding carboxylic acids is 2. The molecule has 0 N–H and O–H groups in total. The van der Waals surface area contributed by atoms with Crippen molar-refractivity contribution in [2.24, 2.45) is 4.99 Å². The second-order valence-corrected chi connectivity index (χ2v) is 6.53. The molecule has 0 amide bonds. The van der Waals surface area contributed by atoms with Gasteiger partial charge in [-0.3, -0.25) is 19.9 Å². The third-order valence-electron chi connectivity index (χ3n) is 4.21. The van der Waals surface area contributed by atoms with Crippen LogP contribution in [0.1, 0.15) is 28.4 Å². The van der Waals surface area contributed by atoms with Crippen molar-refractivity contribution in [2.75, 3.05) is 0 Å². The molecule has 0 aliphatic heterocycles. The third-order valence-corrected chi connectivity index (χ3v) is 4.21. The first kappa shape index (κ1) is 21.4. The second-order valence-electron chi connectivity index (χ2n) is 6.53. The second kappa shape index (κ2) is 9.45. The van der Waals surface area contributed by atoms with E-state index >= 15 is 0 Å². The number of nitro benzene ring substituents is 1. The quantitative estimate of drug-likeness (QED) is 0.187. The van der Waals surface area contributed by atoms with E-state index in [1.54, 1.807) is 48.7 Å². The van der Waals surface area contributed by atoms with Gasteiger partial charge >= 0.3 is 11.9 Å². The number of aliphatic imine (C=N–C) groups is 1. The topological polar surface area (TPSA) is 108 Å². The molecular weight excluding hydrogens is 400 g/mol. The SMILES string of the molecule is CC(=O)Oc1ccccc1C(=O)Oc1ccc(C=Nc2cc([N+](=O)[O-])ccc2C)cc1. The number of carbonyl (C=O) groups is 2. The Bertz CT molecular complexity index is 1170. The van der Waals surface area contributed by atoms with Crippen LogP contribution in [0.4, 0.5) is 11.4 Å². The van der Waals surface area contributed by atoms with E-state index in [-0.39, 0.29) is 17.0 Å². The summed E-state index contributed by atoms with van der Waals surface area (Å²) < 4.78 is 10.4. The maximum Gasteiger partial charge on any atom is 0.347 e. The molecule has 0 radical (unpaired) electrons. The van der Waals surface area contributed by atoms with Crippen LogP contribution < -0.4 is 9.47 Å². The predicted molar refractivity (Wildman–Crippen MR) is 114 cm³/mol. The van der Waals surface area contributed by atoms with Crippen LogP contribution in [0.15, 0.2) is 71.7 Å². The van der Waals surface area contributed by atoms with Crippen LogP contribution in [0.3, 0.4) is 0 Å². The van der Waals surface area contributed by atoms with Gasteiger partial charge in [0.25, 0.3) is 5.69 Å². The summed E-state index contributed by atoms with van der Waals surface area (Å²) in [6.07, 6.45) is 1.56. The standard InChI is InChI=1S/C23H18N2O6/c1-15-7-10-18(25(28)29)13-21(15)24-14-17-8-11-19(12-9-17)31-23(27)20-5-3-4-6-22(20)30-16(2)26/h3-14H,1-2H3. The number of hydrogen-bond acceptors (Lipinski definition) is 7. The van der Waals surface area contributed by atoms with Crippen molar-refractivity contribution in [3.8, 4) is 11.5 Å². The first-order valence-electron chi connectivity index (χ1n) is 9.22. The monoisotopic (exact) mass is 418 g/mol. The molecule has 0 spiro atoms. The van der Waals surface area contributed by atoms with Gasteiger partial charge in [0, 0.05) is 25.3 Å². The lowest BCUT2D eigenvalue weighted by Crippen LogP contribution is -2.12. The predicted octanol–water partition coefficient (Wildman–Crippen LogP) is 4.80. The third kappa shape index (κ3) is 5.60. The van der Waals surface area contributed by atoms with Gasteiger partial charge in [-0.1, -0.05) is 18.2 Å². The highest BCUT2D eigenvalue weighted by Crippen LogP contribution is 2.25. The number of aryl methyl sites for hydroxylation is 1. The molecule has 0 heterocycles. The van der Waals surface area contributed by atoms with Gasteiger partial charge in [-0.05, 0) is 54.4 Å². The molecule has 156 valence electrons. The fraction of sp³-hybridized carbons (Fsp3) is 0.0870. The molecule has 31 heavy (non-hydrogen) atoms. The van der Waals surface area contributed by atoms with Crippen molar-refractivity contribution in [3.05, 3.63) is 93.5 Å². The molecule has 3 aromatic carbocycles. The molecule has 8 nitrogen and oxygen atoms in total. The van der Waals surface area contributed by atoms with E-state index < -0.39 is 16.9 Å². The van der Waals surface area contributed by atoms with E-state index in [1.807, 2.05) is 6.92 Å². The van der Waals surface area contributed by atoms with E-state index in [0.29, 0.717) is 17.0 Å². The number of nitrogens with zero attached hydrogens (tertiary/aromatic N) is 2. The first-order chi connectivity index (χ1) is 14.8. The van der Waals surface area contributed by atoms with Gasteiger partial charge in [-0.25, -0.2) is 4.79 Å². The number of non-ortho nitro benzene ring substituents is 1. The van der Waals surface area contributed by atoms with Gasteiger partial charge in [0.1, 0.15) is 17.1 Å². The summed E-state index contributed by atoms with van der Waals surface area (Å²) in [6, 6.07) is 17.3. The summed E-state index contributed by atoms with van der Waals surface area (Å²) >= 11 is 0. The minimum absolute atomic E-state index is 0.0333. The van der Waals surface area contributed by atoms with Gasteiger partial charge in [0.15, 0.2) is 0 Å². The van der Waals surface area contributed by atoms with E-state index in [0.717, 1.165) is 5.56 Å². The highest BCUT2D eigenvalue weighted by molar-refractivity contribution is 5.95. The Morgan fingerprint density at radius 1 is 1.00 bits per heavy atom. The number of esters is 2. The lowest BCUT2D eigenvalue weighted by Gasteiger charge is -2.08. The molecule has 0 saturated heterocycles. The van der Waals surface area contributed by atoms with E-state index in [9.17, 15) is 19.7 Å². The highest BCUT2D eigenvalue weighted by atomic mass is 16.6. The first-order valence-corrected chi connectivity index (χ1v) is 9.22. The highest BCUT2D eigenvalue weighted by Gasteiger charge is 2.15.